The molecule has 12 heavy (non-hydrogen) atoms. The van der Waals surface area contributed by atoms with Crippen molar-refractivity contribution >= 4 is 5.71 Å². The fourth-order valence-corrected chi connectivity index (χ4v) is 0.932. The highest BCUT2D eigenvalue weighted by Crippen LogP contribution is 1.89. The molecule has 0 fully saturated rings. The number of hydrogen-bond acceptors (Lipinski definition) is 4. The Kier molecular flexibility index (Phi) is 6.70. The predicted octanol–water partition coefficient (Wildman–Crippen LogP) is -0.138. The molecular formula is C8H20N4. The third kappa shape index (κ3) is 6.12. The van der Waals surface area contributed by atoms with E-state index in [0.29, 0.717) is 0 Å². The Morgan fingerprint density at radius 2 is 2.17 bits per heavy atom. The van der Waals surface area contributed by atoms with Crippen LogP contribution >= 0.6 is 0 Å². The molecule has 0 bridgehead atoms. The fourth-order valence-electron chi connectivity index (χ4n) is 0.932. The summed E-state index contributed by atoms with van der Waals surface area (Å²) in [5.74, 6) is 0. The summed E-state index contributed by atoms with van der Waals surface area (Å²) in [4.78, 5) is 2.20. The molecular weight excluding hydrogens is 152 g/mol. The Morgan fingerprint density at radius 3 is 2.67 bits per heavy atom. The molecule has 0 heterocycles. The summed E-state index contributed by atoms with van der Waals surface area (Å²) in [5, 5.41) is 4.07. The van der Waals surface area contributed by atoms with Gasteiger partial charge in [0.05, 0.1) is 0 Å². The van der Waals surface area contributed by atoms with E-state index < -0.39 is 0 Å². The van der Waals surface area contributed by atoms with E-state index in [0.717, 1.165) is 31.8 Å². The summed E-state index contributed by atoms with van der Waals surface area (Å²) >= 11 is 0. The van der Waals surface area contributed by atoms with Crippen LogP contribution in [0.15, 0.2) is 5.10 Å². The molecule has 0 aliphatic heterocycles. The summed E-state index contributed by atoms with van der Waals surface area (Å²) in [6.45, 7) is 4.71. The lowest BCUT2D eigenvalue weighted by molar-refractivity contribution is 0.353. The van der Waals surface area contributed by atoms with Crippen LogP contribution in [0.3, 0.4) is 0 Å². The van der Waals surface area contributed by atoms with Crippen molar-refractivity contribution in [3.63, 3.8) is 0 Å². The van der Waals surface area contributed by atoms with Crippen molar-refractivity contribution in [1.29, 1.82) is 0 Å². The number of rotatable bonds is 6. The number of nitrogens with zero attached hydrogens (tertiary/aromatic N) is 2. The molecule has 0 amide bonds. The molecule has 0 atom stereocenters. The van der Waals surface area contributed by atoms with Gasteiger partial charge in [-0.25, -0.2) is 0 Å². The number of nitrogens with one attached hydrogen (secondary N) is 1. The fraction of sp³-hybridized carbons (Fsp3) is 0.875. The lowest BCUT2D eigenvalue weighted by Gasteiger charge is -2.14. The van der Waals surface area contributed by atoms with Gasteiger partial charge in [0.15, 0.2) is 0 Å². The van der Waals surface area contributed by atoms with Crippen LogP contribution in [0.2, 0.25) is 0 Å². The maximum Gasteiger partial charge on any atom is 0.0360 e. The molecule has 4 nitrogen and oxygen atoms in total. The zero-order chi connectivity index (χ0) is 9.40. The van der Waals surface area contributed by atoms with Gasteiger partial charge in [-0.1, -0.05) is 0 Å². The van der Waals surface area contributed by atoms with E-state index >= 15 is 0 Å². The molecule has 0 radical (unpaired) electrons. The number of hydrazone groups is 1. The monoisotopic (exact) mass is 172 g/mol. The molecule has 0 spiro atoms. The van der Waals surface area contributed by atoms with Gasteiger partial charge in [0.25, 0.3) is 0 Å². The van der Waals surface area contributed by atoms with Gasteiger partial charge in [-0.2, -0.15) is 5.10 Å². The minimum atomic E-state index is 0.721. The summed E-state index contributed by atoms with van der Waals surface area (Å²) in [7, 11) is 3.88. The van der Waals surface area contributed by atoms with Crippen molar-refractivity contribution in [1.82, 2.24) is 10.3 Å². The van der Waals surface area contributed by atoms with Crippen LogP contribution in [0.4, 0.5) is 0 Å². The molecule has 3 N–H and O–H groups in total. The maximum atomic E-state index is 5.41. The minimum Gasteiger partial charge on any atom is -0.329 e. The first kappa shape index (κ1) is 11.4. The molecule has 0 aromatic heterocycles. The maximum absolute atomic E-state index is 5.41. The largest absolute Gasteiger partial charge is 0.329 e. The number of nitrogens with two attached hydrogens (primary N) is 1. The second kappa shape index (κ2) is 7.06. The van der Waals surface area contributed by atoms with Crippen LogP contribution in [0.5, 0.6) is 0 Å². The zero-order valence-electron chi connectivity index (χ0n) is 8.30. The van der Waals surface area contributed by atoms with Gasteiger partial charge >= 0.3 is 0 Å². The highest BCUT2D eigenvalue weighted by Gasteiger charge is 1.97. The second-order valence-corrected chi connectivity index (χ2v) is 2.91. The quantitative estimate of drug-likeness (QED) is 0.433. The molecule has 0 unspecified atom stereocenters. The Hall–Kier alpha value is -0.610. The van der Waals surface area contributed by atoms with Crippen molar-refractivity contribution in [2.75, 3.05) is 33.7 Å². The highest BCUT2D eigenvalue weighted by molar-refractivity contribution is 5.81. The lowest BCUT2D eigenvalue weighted by atomic mass is 10.3. The third-order valence-corrected chi connectivity index (χ3v) is 1.67. The zero-order valence-corrected chi connectivity index (χ0v) is 8.30. The normalized spacial score (nSPS) is 12.2. The smallest absolute Gasteiger partial charge is 0.0360 e. The first-order valence-corrected chi connectivity index (χ1v) is 4.29. The average Bonchev–Trinajstić information content (AvgIpc) is 2.02. The van der Waals surface area contributed by atoms with Crippen LogP contribution in [0, 0.1) is 0 Å². The molecule has 4 heteroatoms. The van der Waals surface area contributed by atoms with Gasteiger partial charge in [-0.15, -0.1) is 0 Å². The van der Waals surface area contributed by atoms with Crippen molar-refractivity contribution in [2.24, 2.45) is 10.8 Å². The highest BCUT2D eigenvalue weighted by atomic mass is 15.3. The molecule has 0 saturated carbocycles. The van der Waals surface area contributed by atoms with E-state index in [2.05, 4.69) is 22.5 Å². The van der Waals surface area contributed by atoms with Gasteiger partial charge in [-0.05, 0) is 20.4 Å². The second-order valence-electron chi connectivity index (χ2n) is 2.91. The Balaban J connectivity index is 3.46. The van der Waals surface area contributed by atoms with Gasteiger partial charge < -0.3 is 16.1 Å². The topological polar surface area (TPSA) is 53.7 Å². The van der Waals surface area contributed by atoms with Crippen LogP contribution in [0.1, 0.15) is 13.3 Å². The van der Waals surface area contributed by atoms with Gasteiger partial charge in [0.1, 0.15) is 0 Å². The van der Waals surface area contributed by atoms with E-state index in [4.69, 9.17) is 5.73 Å². The van der Waals surface area contributed by atoms with E-state index in [1.54, 1.807) is 0 Å². The lowest BCUT2D eigenvalue weighted by Crippen LogP contribution is -2.27. The SMILES string of the molecule is CN/N=C(/C)CCN(C)CCN. The van der Waals surface area contributed by atoms with Crippen molar-refractivity contribution in [3.8, 4) is 0 Å². The first-order chi connectivity index (χ1) is 5.70. The number of likely N-dealkylation sites (N-methyl/N-ethyl adjacent to an activating group) is 1. The summed E-state index contributed by atoms with van der Waals surface area (Å²) < 4.78 is 0. The summed E-state index contributed by atoms with van der Waals surface area (Å²) in [6.07, 6.45) is 0.997. The van der Waals surface area contributed by atoms with E-state index in [1.807, 2.05) is 14.0 Å². The van der Waals surface area contributed by atoms with Crippen LogP contribution in [-0.4, -0.2) is 44.3 Å². The van der Waals surface area contributed by atoms with E-state index in [1.165, 1.54) is 0 Å². The van der Waals surface area contributed by atoms with Gasteiger partial charge in [0.2, 0.25) is 0 Å². The standard InChI is InChI=1S/C8H20N4/c1-8(11-10-2)4-6-12(3)7-5-9/h10H,4-7,9H2,1-3H3/b11-8-. The molecule has 0 saturated heterocycles. The molecule has 0 aliphatic rings. The summed E-state index contributed by atoms with van der Waals surface area (Å²) in [6, 6.07) is 0. The Morgan fingerprint density at radius 1 is 1.50 bits per heavy atom. The van der Waals surface area contributed by atoms with Crippen molar-refractivity contribution in [2.45, 2.75) is 13.3 Å². The third-order valence-electron chi connectivity index (χ3n) is 1.67. The van der Waals surface area contributed by atoms with Crippen molar-refractivity contribution in [3.05, 3.63) is 0 Å². The van der Waals surface area contributed by atoms with E-state index in [-0.39, 0.29) is 0 Å². The molecule has 0 aromatic carbocycles. The van der Waals surface area contributed by atoms with Crippen LogP contribution in [-0.2, 0) is 0 Å². The molecule has 0 aliphatic carbocycles. The molecule has 72 valence electrons. The Bertz CT molecular complexity index is 133. The first-order valence-electron chi connectivity index (χ1n) is 4.29. The van der Waals surface area contributed by atoms with Crippen molar-refractivity contribution < 1.29 is 0 Å². The summed E-state index contributed by atoms with van der Waals surface area (Å²) in [5.41, 5.74) is 9.30. The van der Waals surface area contributed by atoms with E-state index in [9.17, 15) is 0 Å². The van der Waals surface area contributed by atoms with Crippen LogP contribution in [0.25, 0.3) is 0 Å². The Labute approximate surface area is 74.8 Å². The number of hydrogen-bond donors (Lipinski definition) is 2. The minimum absolute atomic E-state index is 0.721. The average molecular weight is 172 g/mol. The van der Waals surface area contributed by atoms with Crippen LogP contribution < -0.4 is 11.2 Å². The molecule has 0 aromatic rings. The predicted molar refractivity (Wildman–Crippen MR) is 53.3 cm³/mol. The van der Waals surface area contributed by atoms with Gasteiger partial charge in [-0.3, -0.25) is 0 Å². The molecule has 0 rings (SSSR count). The van der Waals surface area contributed by atoms with Gasteiger partial charge in [0, 0.05) is 32.4 Å².